The Morgan fingerprint density at radius 1 is 0.969 bits per heavy atom. The molecule has 32 heavy (non-hydrogen) atoms. The molecule has 8 heteroatoms. The van der Waals surface area contributed by atoms with Crippen molar-refractivity contribution in [1.82, 2.24) is 10.6 Å². The van der Waals surface area contributed by atoms with Crippen LogP contribution in [0.5, 0.6) is 0 Å². The summed E-state index contributed by atoms with van der Waals surface area (Å²) in [6.45, 7) is 9.51. The highest BCUT2D eigenvalue weighted by Crippen LogP contribution is 2.22. The number of nitrogens with one attached hydrogen (secondary N) is 3. The topological polar surface area (TPSA) is 87.3 Å². The fourth-order valence-electron chi connectivity index (χ4n) is 3.46. The number of carbonyl (C=O) groups excluding carboxylic acids is 3. The molecule has 0 bridgehead atoms. The van der Waals surface area contributed by atoms with Crippen LogP contribution in [0.3, 0.4) is 0 Å². The minimum Gasteiger partial charge on any atom is -0.345 e. The third kappa shape index (κ3) is 7.24. The number of amides is 3. The predicted molar refractivity (Wildman–Crippen MR) is 129 cm³/mol. The van der Waals surface area contributed by atoms with Gasteiger partial charge in [-0.2, -0.15) is 0 Å². The number of hydrogen-bond donors (Lipinski definition) is 3. The van der Waals surface area contributed by atoms with Crippen LogP contribution in [0.4, 0.5) is 5.69 Å². The Morgan fingerprint density at radius 2 is 1.59 bits per heavy atom. The molecule has 3 N–H and O–H groups in total. The average Bonchev–Trinajstić information content (AvgIpc) is 2.67. The summed E-state index contributed by atoms with van der Waals surface area (Å²) in [7, 11) is 0. The largest absolute Gasteiger partial charge is 0.345 e. The van der Waals surface area contributed by atoms with Crippen LogP contribution in [0.1, 0.15) is 47.3 Å². The summed E-state index contributed by atoms with van der Waals surface area (Å²) >= 11 is 12.0. The molecule has 0 spiro atoms. The Labute approximate surface area is 199 Å². The molecular weight excluding hydrogens is 449 g/mol. The Kier molecular flexibility index (Phi) is 9.10. The molecule has 0 saturated carbocycles. The van der Waals surface area contributed by atoms with E-state index < -0.39 is 17.9 Å². The third-order valence-electron chi connectivity index (χ3n) is 4.87. The number of halogens is 2. The van der Waals surface area contributed by atoms with Gasteiger partial charge in [0, 0.05) is 10.7 Å². The predicted octanol–water partition coefficient (Wildman–Crippen LogP) is 4.82. The number of aryl methyl sites for hydroxylation is 3. The second-order valence-electron chi connectivity index (χ2n) is 8.32. The molecule has 1 unspecified atom stereocenters. The number of benzene rings is 2. The van der Waals surface area contributed by atoms with Crippen molar-refractivity contribution in [3.8, 4) is 0 Å². The Balaban J connectivity index is 2.03. The van der Waals surface area contributed by atoms with E-state index in [0.717, 1.165) is 22.4 Å². The van der Waals surface area contributed by atoms with Crippen LogP contribution in [0, 0.1) is 26.7 Å². The van der Waals surface area contributed by atoms with Crippen molar-refractivity contribution in [3.63, 3.8) is 0 Å². The Bertz CT molecular complexity index is 999. The zero-order valence-electron chi connectivity index (χ0n) is 18.9. The van der Waals surface area contributed by atoms with Crippen molar-refractivity contribution in [2.75, 3.05) is 11.9 Å². The van der Waals surface area contributed by atoms with Crippen LogP contribution >= 0.6 is 23.2 Å². The lowest BCUT2D eigenvalue weighted by molar-refractivity contribution is -0.125. The molecule has 0 aromatic heterocycles. The van der Waals surface area contributed by atoms with Gasteiger partial charge >= 0.3 is 0 Å². The highest BCUT2D eigenvalue weighted by Gasteiger charge is 2.24. The van der Waals surface area contributed by atoms with E-state index in [-0.39, 0.29) is 29.0 Å². The Morgan fingerprint density at radius 3 is 2.16 bits per heavy atom. The fraction of sp³-hybridized carbons (Fsp3) is 0.375. The van der Waals surface area contributed by atoms with Gasteiger partial charge in [0.15, 0.2) is 0 Å². The van der Waals surface area contributed by atoms with E-state index in [2.05, 4.69) is 16.0 Å². The van der Waals surface area contributed by atoms with Crippen molar-refractivity contribution in [3.05, 3.63) is 62.6 Å². The van der Waals surface area contributed by atoms with E-state index in [1.54, 1.807) is 6.07 Å². The maximum Gasteiger partial charge on any atom is 0.253 e. The minimum atomic E-state index is -0.815. The molecule has 0 aliphatic carbocycles. The number of anilines is 1. The number of hydrogen-bond acceptors (Lipinski definition) is 3. The molecular formula is C24H29Cl2N3O3. The van der Waals surface area contributed by atoms with Crippen LogP contribution in [0.25, 0.3) is 0 Å². The summed E-state index contributed by atoms with van der Waals surface area (Å²) in [4.78, 5) is 37.8. The summed E-state index contributed by atoms with van der Waals surface area (Å²) in [5.41, 5.74) is 3.97. The van der Waals surface area contributed by atoms with Crippen molar-refractivity contribution in [1.29, 1.82) is 0 Å². The molecule has 1 atom stereocenters. The molecule has 0 fully saturated rings. The zero-order valence-corrected chi connectivity index (χ0v) is 20.4. The number of rotatable bonds is 8. The van der Waals surface area contributed by atoms with Gasteiger partial charge in [-0.15, -0.1) is 0 Å². The summed E-state index contributed by atoms with van der Waals surface area (Å²) < 4.78 is 0. The molecule has 0 aliphatic rings. The van der Waals surface area contributed by atoms with Gasteiger partial charge in [-0.1, -0.05) is 54.7 Å². The van der Waals surface area contributed by atoms with E-state index in [4.69, 9.17) is 23.2 Å². The second-order valence-corrected chi connectivity index (χ2v) is 9.16. The van der Waals surface area contributed by atoms with Gasteiger partial charge in [0.2, 0.25) is 11.8 Å². The Hall–Kier alpha value is -2.57. The van der Waals surface area contributed by atoms with Crippen LogP contribution in [-0.2, 0) is 9.59 Å². The van der Waals surface area contributed by atoms with Crippen LogP contribution in [0.15, 0.2) is 30.3 Å². The van der Waals surface area contributed by atoms with Gasteiger partial charge in [0.25, 0.3) is 5.91 Å². The first-order valence-electron chi connectivity index (χ1n) is 10.4. The standard InChI is InChI=1S/C24H29Cl2N3O3/c1-13(2)8-20(28-23(31)18-7-6-17(25)11-19(18)26)24(32)27-12-21(30)29-22-15(4)9-14(3)10-16(22)5/h6-7,9-11,13,20H,8,12H2,1-5H3,(H,27,32)(H,28,31)(H,29,30). The third-order valence-corrected chi connectivity index (χ3v) is 5.42. The fourth-order valence-corrected chi connectivity index (χ4v) is 3.96. The lowest BCUT2D eigenvalue weighted by atomic mass is 10.0. The molecule has 2 rings (SSSR count). The molecule has 172 valence electrons. The summed E-state index contributed by atoms with van der Waals surface area (Å²) in [6.07, 6.45) is 0.403. The molecule has 2 aromatic rings. The van der Waals surface area contributed by atoms with E-state index in [0.29, 0.717) is 11.4 Å². The van der Waals surface area contributed by atoms with Crippen molar-refractivity contribution >= 4 is 46.6 Å². The van der Waals surface area contributed by atoms with Crippen LogP contribution in [0.2, 0.25) is 10.0 Å². The first-order valence-corrected chi connectivity index (χ1v) is 11.1. The summed E-state index contributed by atoms with van der Waals surface area (Å²) in [5.74, 6) is -1.13. The average molecular weight is 478 g/mol. The highest BCUT2D eigenvalue weighted by atomic mass is 35.5. The lowest BCUT2D eigenvalue weighted by Gasteiger charge is -2.21. The molecule has 6 nitrogen and oxygen atoms in total. The van der Waals surface area contributed by atoms with E-state index in [9.17, 15) is 14.4 Å². The molecule has 0 saturated heterocycles. The van der Waals surface area contributed by atoms with Crippen LogP contribution in [-0.4, -0.2) is 30.3 Å². The normalized spacial score (nSPS) is 11.8. The van der Waals surface area contributed by atoms with Gasteiger partial charge in [0.1, 0.15) is 6.04 Å². The quantitative estimate of drug-likeness (QED) is 0.509. The van der Waals surface area contributed by atoms with Gasteiger partial charge in [-0.25, -0.2) is 0 Å². The second kappa shape index (κ2) is 11.3. The molecule has 0 aliphatic heterocycles. The van der Waals surface area contributed by atoms with E-state index >= 15 is 0 Å². The van der Waals surface area contributed by atoms with Gasteiger partial charge in [0.05, 0.1) is 17.1 Å². The molecule has 2 aromatic carbocycles. The maximum absolute atomic E-state index is 12.8. The SMILES string of the molecule is Cc1cc(C)c(NC(=O)CNC(=O)C(CC(C)C)NC(=O)c2ccc(Cl)cc2Cl)c(C)c1. The van der Waals surface area contributed by atoms with Gasteiger partial charge < -0.3 is 16.0 Å². The summed E-state index contributed by atoms with van der Waals surface area (Å²) in [6, 6.07) is 7.68. The van der Waals surface area contributed by atoms with E-state index in [1.807, 2.05) is 46.8 Å². The molecule has 0 heterocycles. The highest BCUT2D eigenvalue weighted by molar-refractivity contribution is 6.36. The summed E-state index contributed by atoms with van der Waals surface area (Å²) in [5, 5.41) is 8.79. The first kappa shape index (κ1) is 25.7. The van der Waals surface area contributed by atoms with Gasteiger partial charge in [-0.05, 0) is 62.4 Å². The van der Waals surface area contributed by atoms with E-state index in [1.165, 1.54) is 12.1 Å². The maximum atomic E-state index is 12.8. The monoisotopic (exact) mass is 477 g/mol. The van der Waals surface area contributed by atoms with Crippen molar-refractivity contribution < 1.29 is 14.4 Å². The minimum absolute atomic E-state index is 0.137. The lowest BCUT2D eigenvalue weighted by Crippen LogP contribution is -2.49. The smallest absolute Gasteiger partial charge is 0.253 e. The van der Waals surface area contributed by atoms with Gasteiger partial charge in [-0.3, -0.25) is 14.4 Å². The number of carbonyl (C=O) groups is 3. The van der Waals surface area contributed by atoms with Crippen LogP contribution < -0.4 is 16.0 Å². The first-order chi connectivity index (χ1) is 15.0. The van der Waals surface area contributed by atoms with Crippen molar-refractivity contribution in [2.24, 2.45) is 5.92 Å². The molecule has 3 amide bonds. The van der Waals surface area contributed by atoms with Crippen molar-refractivity contribution in [2.45, 2.75) is 47.1 Å². The molecule has 0 radical (unpaired) electrons. The zero-order chi connectivity index (χ0) is 24.0.